The average molecular weight is 155 g/mol. The third-order valence-electron chi connectivity index (χ3n) is 0.253. The largest absolute Gasteiger partial charge is 0.365 e. The van der Waals surface area contributed by atoms with Crippen molar-refractivity contribution >= 4 is 15.9 Å². The Hall–Kier alpha value is 0.400. The van der Waals surface area contributed by atoms with Crippen molar-refractivity contribution in [2.75, 3.05) is 5.33 Å². The SMILES string of the molecule is CC(O)(O)CBr. The molecule has 2 nitrogen and oxygen atoms in total. The minimum absolute atomic E-state index is 0.194. The number of halogens is 1. The first-order valence-electron chi connectivity index (χ1n) is 1.57. The van der Waals surface area contributed by atoms with E-state index < -0.39 is 5.79 Å². The number of hydrogen-bond acceptors (Lipinski definition) is 2. The lowest BCUT2D eigenvalue weighted by Gasteiger charge is -2.08. The molecule has 0 bridgehead atoms. The van der Waals surface area contributed by atoms with Crippen LogP contribution in [0.2, 0.25) is 0 Å². The van der Waals surface area contributed by atoms with Crippen LogP contribution in [-0.4, -0.2) is 21.3 Å². The monoisotopic (exact) mass is 154 g/mol. The van der Waals surface area contributed by atoms with Crippen molar-refractivity contribution < 1.29 is 10.2 Å². The molecule has 0 saturated carbocycles. The molecule has 0 radical (unpaired) electrons. The standard InChI is InChI=1S/C3H7BrO2/c1-3(5,6)2-4/h5-6H,2H2,1H3. The average Bonchev–Trinajstić information content (AvgIpc) is 1.35. The van der Waals surface area contributed by atoms with Gasteiger partial charge in [0.05, 0.1) is 5.33 Å². The van der Waals surface area contributed by atoms with Gasteiger partial charge in [0.15, 0.2) is 5.79 Å². The van der Waals surface area contributed by atoms with Crippen molar-refractivity contribution in [3.05, 3.63) is 0 Å². The lowest BCUT2D eigenvalue weighted by molar-refractivity contribution is -0.122. The van der Waals surface area contributed by atoms with Crippen molar-refractivity contribution in [2.45, 2.75) is 12.7 Å². The molecule has 6 heavy (non-hydrogen) atoms. The second-order valence-corrected chi connectivity index (χ2v) is 1.91. The first kappa shape index (κ1) is 6.40. The predicted octanol–water partition coefficient (Wildman–Crippen LogP) is 0.0821. The molecule has 0 atom stereocenters. The molecule has 2 N–H and O–H groups in total. The molecule has 0 amide bonds. The van der Waals surface area contributed by atoms with Crippen LogP contribution in [0.15, 0.2) is 0 Å². The molecule has 0 heterocycles. The highest BCUT2D eigenvalue weighted by Crippen LogP contribution is 1.99. The summed E-state index contributed by atoms with van der Waals surface area (Å²) in [5.41, 5.74) is 0. The molecule has 0 aromatic heterocycles. The van der Waals surface area contributed by atoms with Gasteiger partial charge in [-0.1, -0.05) is 15.9 Å². The van der Waals surface area contributed by atoms with Gasteiger partial charge in [0.1, 0.15) is 0 Å². The summed E-state index contributed by atoms with van der Waals surface area (Å²) in [6, 6.07) is 0. The van der Waals surface area contributed by atoms with Gasteiger partial charge in [-0.05, 0) is 6.92 Å². The predicted molar refractivity (Wildman–Crippen MR) is 26.6 cm³/mol. The van der Waals surface area contributed by atoms with Gasteiger partial charge in [0, 0.05) is 0 Å². The third kappa shape index (κ3) is 4.40. The van der Waals surface area contributed by atoms with E-state index in [1.807, 2.05) is 0 Å². The highest BCUT2D eigenvalue weighted by atomic mass is 79.9. The van der Waals surface area contributed by atoms with E-state index in [9.17, 15) is 0 Å². The van der Waals surface area contributed by atoms with Crippen LogP contribution in [0.25, 0.3) is 0 Å². The summed E-state index contributed by atoms with van der Waals surface area (Å²) in [6.07, 6.45) is 0. The summed E-state index contributed by atoms with van der Waals surface area (Å²) < 4.78 is 0. The van der Waals surface area contributed by atoms with E-state index in [-0.39, 0.29) is 5.33 Å². The summed E-state index contributed by atoms with van der Waals surface area (Å²) >= 11 is 2.87. The van der Waals surface area contributed by atoms with Crippen LogP contribution >= 0.6 is 15.9 Å². The summed E-state index contributed by atoms with van der Waals surface area (Å²) in [6.45, 7) is 1.31. The van der Waals surface area contributed by atoms with E-state index in [1.165, 1.54) is 6.92 Å². The molecule has 0 rings (SSSR count). The summed E-state index contributed by atoms with van der Waals surface area (Å²) in [5, 5.41) is 16.9. The molecule has 3 heteroatoms. The van der Waals surface area contributed by atoms with Crippen LogP contribution < -0.4 is 0 Å². The Morgan fingerprint density at radius 1 is 1.67 bits per heavy atom. The highest BCUT2D eigenvalue weighted by Gasteiger charge is 2.09. The van der Waals surface area contributed by atoms with Gasteiger partial charge in [0.25, 0.3) is 0 Å². The Labute approximate surface area is 44.9 Å². The summed E-state index contributed by atoms with van der Waals surface area (Å²) in [5.74, 6) is -1.54. The Bertz CT molecular complexity index is 38.5. The van der Waals surface area contributed by atoms with Crippen LogP contribution in [0, 0.1) is 0 Å². The molecule has 0 spiro atoms. The topological polar surface area (TPSA) is 40.5 Å². The smallest absolute Gasteiger partial charge is 0.169 e. The van der Waals surface area contributed by atoms with Crippen molar-refractivity contribution in [2.24, 2.45) is 0 Å². The van der Waals surface area contributed by atoms with Gasteiger partial charge in [-0.2, -0.15) is 0 Å². The first-order valence-corrected chi connectivity index (χ1v) is 2.69. The van der Waals surface area contributed by atoms with Gasteiger partial charge in [-0.15, -0.1) is 0 Å². The van der Waals surface area contributed by atoms with Gasteiger partial charge in [-0.25, -0.2) is 0 Å². The maximum atomic E-state index is 8.34. The Balaban J connectivity index is 3.17. The third-order valence-corrected chi connectivity index (χ3v) is 1.32. The first-order chi connectivity index (χ1) is 2.56. The van der Waals surface area contributed by atoms with Crippen molar-refractivity contribution in [3.8, 4) is 0 Å². The quantitative estimate of drug-likeness (QED) is 0.415. The fourth-order valence-corrected chi connectivity index (χ4v) is 0. The van der Waals surface area contributed by atoms with E-state index in [2.05, 4.69) is 15.9 Å². The van der Waals surface area contributed by atoms with Crippen LogP contribution in [0.1, 0.15) is 6.92 Å². The lowest BCUT2D eigenvalue weighted by atomic mass is 10.4. The van der Waals surface area contributed by atoms with Crippen molar-refractivity contribution in [1.82, 2.24) is 0 Å². The highest BCUT2D eigenvalue weighted by molar-refractivity contribution is 9.09. The molecular weight excluding hydrogens is 148 g/mol. The fourth-order valence-electron chi connectivity index (χ4n) is 0. The Morgan fingerprint density at radius 3 is 1.83 bits per heavy atom. The Kier molecular flexibility index (Phi) is 2.04. The zero-order chi connectivity index (χ0) is 5.21. The summed E-state index contributed by atoms with van der Waals surface area (Å²) in [7, 11) is 0. The van der Waals surface area contributed by atoms with Crippen LogP contribution in [0.3, 0.4) is 0 Å². The van der Waals surface area contributed by atoms with Gasteiger partial charge < -0.3 is 10.2 Å². The molecule has 38 valence electrons. The van der Waals surface area contributed by atoms with Crippen molar-refractivity contribution in [1.29, 1.82) is 0 Å². The van der Waals surface area contributed by atoms with E-state index >= 15 is 0 Å². The molecule has 0 aliphatic carbocycles. The zero-order valence-corrected chi connectivity index (χ0v) is 5.07. The molecule has 0 aromatic carbocycles. The number of hydrogen-bond donors (Lipinski definition) is 2. The second-order valence-electron chi connectivity index (χ2n) is 1.35. The molecule has 0 aliphatic heterocycles. The van der Waals surface area contributed by atoms with Crippen molar-refractivity contribution in [3.63, 3.8) is 0 Å². The van der Waals surface area contributed by atoms with Crippen LogP contribution in [0.4, 0.5) is 0 Å². The lowest BCUT2D eigenvalue weighted by Crippen LogP contribution is -2.24. The second kappa shape index (κ2) is 1.91. The number of rotatable bonds is 1. The van der Waals surface area contributed by atoms with Gasteiger partial charge in [0.2, 0.25) is 0 Å². The normalized spacial score (nSPS) is 12.0. The molecule has 0 saturated heterocycles. The molecule has 0 fully saturated rings. The maximum Gasteiger partial charge on any atom is 0.169 e. The van der Waals surface area contributed by atoms with Crippen LogP contribution in [-0.2, 0) is 0 Å². The molecule has 0 unspecified atom stereocenters. The number of aliphatic hydroxyl groups is 2. The molecular formula is C3H7BrO2. The van der Waals surface area contributed by atoms with E-state index in [0.717, 1.165) is 0 Å². The van der Waals surface area contributed by atoms with E-state index in [0.29, 0.717) is 0 Å². The van der Waals surface area contributed by atoms with Gasteiger partial charge >= 0.3 is 0 Å². The van der Waals surface area contributed by atoms with E-state index in [1.54, 1.807) is 0 Å². The zero-order valence-electron chi connectivity index (χ0n) is 3.48. The fraction of sp³-hybridized carbons (Fsp3) is 1.00. The minimum atomic E-state index is -1.54. The number of alkyl halides is 1. The summed E-state index contributed by atoms with van der Waals surface area (Å²) in [4.78, 5) is 0. The van der Waals surface area contributed by atoms with Gasteiger partial charge in [-0.3, -0.25) is 0 Å². The van der Waals surface area contributed by atoms with Crippen LogP contribution in [0.5, 0.6) is 0 Å². The van der Waals surface area contributed by atoms with E-state index in [4.69, 9.17) is 10.2 Å². The minimum Gasteiger partial charge on any atom is -0.365 e. The molecule has 0 aliphatic rings. The molecule has 0 aromatic rings. The Morgan fingerprint density at radius 2 is 1.83 bits per heavy atom. The maximum absolute atomic E-state index is 8.34.